The van der Waals surface area contributed by atoms with Crippen LogP contribution < -0.4 is 14.3 Å². The molecule has 0 unspecified atom stereocenters. The van der Waals surface area contributed by atoms with E-state index in [2.05, 4.69) is 10.9 Å². The first-order chi connectivity index (χ1) is 14.6. The molecule has 0 aliphatic heterocycles. The standard InChI is InChI=1S/C22H21FN2O3S2/c1-4-13-25-20-17(27-2)11-12-18(28-3)21(20)30-22(25)24-19(26)6-5-14-29-16-9-7-15(23)8-10-16/h1,7-12H,5-6,13-14H2,2-3H3. The molecular weight excluding hydrogens is 423 g/mol. The molecule has 0 aliphatic rings. The predicted octanol–water partition coefficient (Wildman–Crippen LogP) is 4.49. The predicted molar refractivity (Wildman–Crippen MR) is 119 cm³/mol. The van der Waals surface area contributed by atoms with E-state index in [-0.39, 0.29) is 18.3 Å². The molecule has 0 bridgehead atoms. The molecule has 30 heavy (non-hydrogen) atoms. The molecule has 0 fully saturated rings. The van der Waals surface area contributed by atoms with Crippen LogP contribution in [0.1, 0.15) is 12.8 Å². The fourth-order valence-electron chi connectivity index (χ4n) is 2.88. The maximum atomic E-state index is 13.0. The van der Waals surface area contributed by atoms with E-state index >= 15 is 0 Å². The minimum atomic E-state index is -0.259. The highest BCUT2D eigenvalue weighted by Gasteiger charge is 2.16. The Bertz CT molecular complexity index is 1140. The van der Waals surface area contributed by atoms with Crippen LogP contribution in [0.25, 0.3) is 10.2 Å². The summed E-state index contributed by atoms with van der Waals surface area (Å²) in [6.45, 7) is 0.260. The third-order valence-electron chi connectivity index (χ3n) is 4.28. The van der Waals surface area contributed by atoms with Crippen LogP contribution in [0.5, 0.6) is 11.5 Å². The second-order valence-electron chi connectivity index (χ2n) is 6.23. The van der Waals surface area contributed by atoms with Crippen LogP contribution in [0.4, 0.5) is 4.39 Å². The van der Waals surface area contributed by atoms with Crippen LogP contribution >= 0.6 is 23.1 Å². The normalized spacial score (nSPS) is 11.5. The van der Waals surface area contributed by atoms with Gasteiger partial charge in [0.1, 0.15) is 27.5 Å². The van der Waals surface area contributed by atoms with Crippen LogP contribution in [0.2, 0.25) is 0 Å². The van der Waals surface area contributed by atoms with Crippen molar-refractivity contribution in [3.8, 4) is 23.8 Å². The Morgan fingerprint density at radius 2 is 1.90 bits per heavy atom. The highest BCUT2D eigenvalue weighted by Crippen LogP contribution is 2.35. The van der Waals surface area contributed by atoms with E-state index < -0.39 is 0 Å². The average Bonchev–Trinajstić information content (AvgIpc) is 3.10. The molecule has 1 aromatic heterocycles. The molecule has 0 spiro atoms. The summed E-state index contributed by atoms with van der Waals surface area (Å²) in [5, 5.41) is 0. The molecule has 5 nitrogen and oxygen atoms in total. The van der Waals surface area contributed by atoms with E-state index in [1.165, 1.54) is 23.5 Å². The van der Waals surface area contributed by atoms with Gasteiger partial charge in [0.15, 0.2) is 4.80 Å². The number of benzene rings is 2. The van der Waals surface area contributed by atoms with Crippen LogP contribution in [0.3, 0.4) is 0 Å². The summed E-state index contributed by atoms with van der Waals surface area (Å²) in [5.41, 5.74) is 0.762. The van der Waals surface area contributed by atoms with Gasteiger partial charge in [0.2, 0.25) is 5.91 Å². The number of nitrogens with zero attached hydrogens (tertiary/aromatic N) is 2. The second-order valence-corrected chi connectivity index (χ2v) is 8.38. The molecule has 8 heteroatoms. The summed E-state index contributed by atoms with van der Waals surface area (Å²) in [6, 6.07) is 9.93. The van der Waals surface area contributed by atoms with Crippen LogP contribution in [-0.2, 0) is 11.3 Å². The molecule has 3 aromatic rings. The number of rotatable bonds is 8. The molecule has 0 saturated heterocycles. The molecule has 0 atom stereocenters. The van der Waals surface area contributed by atoms with Gasteiger partial charge >= 0.3 is 0 Å². The third kappa shape index (κ3) is 5.04. The average molecular weight is 445 g/mol. The number of carbonyl (C=O) groups excluding carboxylic acids is 1. The smallest absolute Gasteiger partial charge is 0.248 e. The number of methoxy groups -OCH3 is 2. The number of hydrogen-bond acceptors (Lipinski definition) is 5. The quantitative estimate of drug-likeness (QED) is 0.292. The Morgan fingerprint density at radius 1 is 1.20 bits per heavy atom. The van der Waals surface area contributed by atoms with Gasteiger partial charge in [-0.05, 0) is 48.6 Å². The second kappa shape index (κ2) is 10.3. The van der Waals surface area contributed by atoms with Gasteiger partial charge in [0.05, 0.1) is 20.8 Å². The van der Waals surface area contributed by atoms with E-state index in [1.807, 2.05) is 6.07 Å². The third-order valence-corrected chi connectivity index (χ3v) is 6.47. The first-order valence-corrected chi connectivity index (χ1v) is 11.0. The van der Waals surface area contributed by atoms with Crippen LogP contribution in [-0.4, -0.2) is 30.4 Å². The molecule has 0 aliphatic carbocycles. The lowest BCUT2D eigenvalue weighted by Crippen LogP contribution is -2.16. The molecular formula is C22H21FN2O3S2. The van der Waals surface area contributed by atoms with E-state index in [0.717, 1.165) is 20.9 Å². The zero-order valence-corrected chi connectivity index (χ0v) is 18.3. The summed E-state index contributed by atoms with van der Waals surface area (Å²) in [7, 11) is 3.17. The summed E-state index contributed by atoms with van der Waals surface area (Å²) in [4.78, 5) is 18.2. The first kappa shape index (κ1) is 21.9. The monoisotopic (exact) mass is 444 g/mol. The minimum Gasteiger partial charge on any atom is -0.495 e. The van der Waals surface area contributed by atoms with Crippen molar-refractivity contribution in [2.45, 2.75) is 24.3 Å². The van der Waals surface area contributed by atoms with E-state index in [1.54, 1.807) is 48.7 Å². The minimum absolute atomic E-state index is 0.218. The molecule has 156 valence electrons. The SMILES string of the molecule is C#CCn1c(=NC(=O)CCCSc2ccc(F)cc2)sc2c(OC)ccc(OC)c21. The first-order valence-electron chi connectivity index (χ1n) is 9.21. The number of thioether (sulfide) groups is 1. The van der Waals surface area contributed by atoms with Crippen molar-refractivity contribution in [1.29, 1.82) is 0 Å². The van der Waals surface area contributed by atoms with Crippen molar-refractivity contribution in [3.05, 3.63) is 47.0 Å². The highest BCUT2D eigenvalue weighted by atomic mass is 32.2. The number of fused-ring (bicyclic) bond motifs is 1. The number of hydrogen-bond donors (Lipinski definition) is 0. The van der Waals surface area contributed by atoms with Crippen LogP contribution in [0.15, 0.2) is 46.3 Å². The Kier molecular flexibility index (Phi) is 7.55. The summed E-state index contributed by atoms with van der Waals surface area (Å²) in [6.07, 6.45) is 6.52. The maximum absolute atomic E-state index is 13.0. The number of halogens is 1. The van der Waals surface area contributed by atoms with Crippen LogP contribution in [0, 0.1) is 18.2 Å². The lowest BCUT2D eigenvalue weighted by Gasteiger charge is -2.08. The Hall–Kier alpha value is -2.76. The number of thiazole rings is 1. The summed E-state index contributed by atoms with van der Waals surface area (Å²) >= 11 is 2.92. The lowest BCUT2D eigenvalue weighted by molar-refractivity contribution is -0.118. The van der Waals surface area contributed by atoms with Gasteiger partial charge in [0, 0.05) is 11.3 Å². The molecule has 0 N–H and O–H groups in total. The number of ether oxygens (including phenoxy) is 2. The van der Waals surface area contributed by atoms with Crippen molar-refractivity contribution >= 4 is 39.2 Å². The molecule has 0 saturated carbocycles. The maximum Gasteiger partial charge on any atom is 0.248 e. The summed E-state index contributed by atoms with van der Waals surface area (Å²) in [5.74, 6) is 4.19. The number of carbonyl (C=O) groups is 1. The Labute approximate surface area is 182 Å². The molecule has 2 aromatic carbocycles. The van der Waals surface area contributed by atoms with Crippen molar-refractivity contribution in [2.75, 3.05) is 20.0 Å². The van der Waals surface area contributed by atoms with E-state index in [9.17, 15) is 9.18 Å². The van der Waals surface area contributed by atoms with E-state index in [4.69, 9.17) is 15.9 Å². The van der Waals surface area contributed by atoms with Gasteiger partial charge in [-0.25, -0.2) is 4.39 Å². The topological polar surface area (TPSA) is 52.8 Å². The van der Waals surface area contributed by atoms with Gasteiger partial charge < -0.3 is 14.0 Å². The summed E-state index contributed by atoms with van der Waals surface area (Å²) < 4.78 is 26.5. The Balaban J connectivity index is 1.78. The van der Waals surface area contributed by atoms with Gasteiger partial charge in [0.25, 0.3) is 0 Å². The molecule has 1 amide bonds. The number of terminal acetylenes is 1. The molecule has 1 heterocycles. The fourth-order valence-corrected chi connectivity index (χ4v) is 4.89. The van der Waals surface area contributed by atoms with Gasteiger partial charge in [-0.15, -0.1) is 18.2 Å². The van der Waals surface area contributed by atoms with Crippen molar-refractivity contribution in [2.24, 2.45) is 4.99 Å². The zero-order chi connectivity index (χ0) is 21.5. The van der Waals surface area contributed by atoms with Crippen molar-refractivity contribution < 1.29 is 18.7 Å². The van der Waals surface area contributed by atoms with Crippen molar-refractivity contribution in [1.82, 2.24) is 4.57 Å². The Morgan fingerprint density at radius 3 is 2.57 bits per heavy atom. The fraction of sp³-hybridized carbons (Fsp3) is 0.273. The number of aromatic nitrogens is 1. The van der Waals surface area contributed by atoms with Gasteiger partial charge in [-0.3, -0.25) is 4.79 Å². The van der Waals surface area contributed by atoms with Crippen molar-refractivity contribution in [3.63, 3.8) is 0 Å². The van der Waals surface area contributed by atoms with Gasteiger partial charge in [-0.1, -0.05) is 17.3 Å². The highest BCUT2D eigenvalue weighted by molar-refractivity contribution is 7.99. The molecule has 0 radical (unpaired) electrons. The zero-order valence-electron chi connectivity index (χ0n) is 16.7. The largest absolute Gasteiger partial charge is 0.495 e. The van der Waals surface area contributed by atoms with Gasteiger partial charge in [-0.2, -0.15) is 4.99 Å². The lowest BCUT2D eigenvalue weighted by atomic mass is 10.3. The van der Waals surface area contributed by atoms with E-state index in [0.29, 0.717) is 29.1 Å². The number of amides is 1. The molecule has 3 rings (SSSR count).